The van der Waals surface area contributed by atoms with Crippen molar-refractivity contribution >= 4 is 23.2 Å². The van der Waals surface area contributed by atoms with Gasteiger partial charge in [0.2, 0.25) is 0 Å². The molecule has 0 aliphatic rings. The molecule has 0 bridgehead atoms. The molecule has 0 heterocycles. The summed E-state index contributed by atoms with van der Waals surface area (Å²) in [6.45, 7) is 4.38. The molecule has 106 valence electrons. The first-order valence-corrected chi connectivity index (χ1v) is 7.44. The highest BCUT2D eigenvalue weighted by molar-refractivity contribution is 6.34. The zero-order valence-corrected chi connectivity index (χ0v) is 13.1. The third-order valence-corrected chi connectivity index (χ3v) is 3.58. The molecule has 3 heteroatoms. The maximum atomic E-state index is 10.4. The number of halogens is 2. The Bertz CT molecular complexity index is 556. The molecule has 0 fully saturated rings. The fraction of sp³-hybridized carbons (Fsp3) is 0.294. The molecule has 0 amide bonds. The monoisotopic (exact) mass is 308 g/mol. The number of aliphatic hydroxyl groups is 1. The van der Waals surface area contributed by atoms with Crippen LogP contribution >= 0.6 is 23.2 Å². The van der Waals surface area contributed by atoms with E-state index >= 15 is 0 Å². The van der Waals surface area contributed by atoms with Gasteiger partial charge in [-0.2, -0.15) is 0 Å². The molecule has 2 rings (SSSR count). The minimum absolute atomic E-state index is 0.531. The largest absolute Gasteiger partial charge is 0.384 e. The second kappa shape index (κ2) is 6.62. The molecule has 0 spiro atoms. The number of hydrogen-bond acceptors (Lipinski definition) is 1. The SMILES string of the molecule is CC(C)Cc1ccc(C(O)c2cc(Cl)cc(Cl)c2)cc1. The summed E-state index contributed by atoms with van der Waals surface area (Å²) in [6.07, 6.45) is 0.332. The van der Waals surface area contributed by atoms with E-state index in [-0.39, 0.29) is 0 Å². The predicted octanol–water partition coefficient (Wildman–Crippen LogP) is 5.27. The van der Waals surface area contributed by atoms with Gasteiger partial charge in [-0.1, -0.05) is 61.3 Å². The molecule has 0 saturated carbocycles. The van der Waals surface area contributed by atoms with Gasteiger partial charge in [0.05, 0.1) is 0 Å². The molecule has 0 aromatic heterocycles. The van der Waals surface area contributed by atoms with Gasteiger partial charge >= 0.3 is 0 Å². The zero-order valence-electron chi connectivity index (χ0n) is 11.6. The molecule has 0 saturated heterocycles. The molecule has 1 unspecified atom stereocenters. The molecule has 1 nitrogen and oxygen atoms in total. The minimum atomic E-state index is -0.709. The molecule has 20 heavy (non-hydrogen) atoms. The highest BCUT2D eigenvalue weighted by atomic mass is 35.5. The highest BCUT2D eigenvalue weighted by Crippen LogP contribution is 2.28. The smallest absolute Gasteiger partial charge is 0.104 e. The molecule has 2 aromatic carbocycles. The van der Waals surface area contributed by atoms with Crippen LogP contribution in [0.25, 0.3) is 0 Å². The summed E-state index contributed by atoms with van der Waals surface area (Å²) < 4.78 is 0. The maximum absolute atomic E-state index is 10.4. The zero-order chi connectivity index (χ0) is 14.7. The molecule has 2 aromatic rings. The Balaban J connectivity index is 2.22. The van der Waals surface area contributed by atoms with Crippen molar-refractivity contribution in [2.45, 2.75) is 26.4 Å². The van der Waals surface area contributed by atoms with Crippen LogP contribution in [0, 0.1) is 5.92 Å². The van der Waals surface area contributed by atoms with Crippen molar-refractivity contribution in [3.05, 3.63) is 69.2 Å². The van der Waals surface area contributed by atoms with Crippen LogP contribution < -0.4 is 0 Å². The quantitative estimate of drug-likeness (QED) is 0.815. The van der Waals surface area contributed by atoms with E-state index in [2.05, 4.69) is 26.0 Å². The van der Waals surface area contributed by atoms with Crippen molar-refractivity contribution in [3.8, 4) is 0 Å². The van der Waals surface area contributed by atoms with Gasteiger partial charge in [-0.05, 0) is 47.2 Å². The second-order valence-electron chi connectivity index (χ2n) is 5.44. The van der Waals surface area contributed by atoms with E-state index < -0.39 is 6.10 Å². The van der Waals surface area contributed by atoms with Crippen LogP contribution in [0.5, 0.6) is 0 Å². The highest BCUT2D eigenvalue weighted by Gasteiger charge is 2.12. The van der Waals surface area contributed by atoms with Gasteiger partial charge in [0.1, 0.15) is 6.10 Å². The van der Waals surface area contributed by atoms with Crippen molar-refractivity contribution in [1.29, 1.82) is 0 Å². The molecular weight excluding hydrogens is 291 g/mol. The fourth-order valence-corrected chi connectivity index (χ4v) is 2.78. The first-order chi connectivity index (χ1) is 9.45. The third kappa shape index (κ3) is 3.99. The van der Waals surface area contributed by atoms with Crippen LogP contribution in [0.3, 0.4) is 0 Å². The first kappa shape index (κ1) is 15.4. The predicted molar refractivity (Wildman–Crippen MR) is 85.5 cm³/mol. The molecule has 0 aliphatic carbocycles. The summed E-state index contributed by atoms with van der Waals surface area (Å²) in [5.41, 5.74) is 2.83. The van der Waals surface area contributed by atoms with Crippen LogP contribution in [-0.2, 0) is 6.42 Å². The van der Waals surface area contributed by atoms with Crippen molar-refractivity contribution in [1.82, 2.24) is 0 Å². The maximum Gasteiger partial charge on any atom is 0.104 e. The Morgan fingerprint density at radius 3 is 1.95 bits per heavy atom. The normalized spacial score (nSPS) is 12.7. The summed E-state index contributed by atoms with van der Waals surface area (Å²) in [4.78, 5) is 0. The Morgan fingerprint density at radius 1 is 0.900 bits per heavy atom. The van der Waals surface area contributed by atoms with Gasteiger partial charge in [0.25, 0.3) is 0 Å². The average Bonchev–Trinajstić information content (AvgIpc) is 2.37. The fourth-order valence-electron chi connectivity index (χ4n) is 2.23. The third-order valence-electron chi connectivity index (χ3n) is 3.14. The number of aliphatic hydroxyl groups excluding tert-OH is 1. The van der Waals surface area contributed by atoms with Crippen LogP contribution in [-0.4, -0.2) is 5.11 Å². The van der Waals surface area contributed by atoms with Gasteiger partial charge in [-0.25, -0.2) is 0 Å². The lowest BCUT2D eigenvalue weighted by molar-refractivity contribution is 0.220. The molecule has 0 aliphatic heterocycles. The first-order valence-electron chi connectivity index (χ1n) is 6.68. The van der Waals surface area contributed by atoms with Gasteiger partial charge < -0.3 is 5.11 Å². The number of hydrogen-bond donors (Lipinski definition) is 1. The Hall–Kier alpha value is -1.02. The summed E-state index contributed by atoms with van der Waals surface area (Å²) in [5.74, 6) is 0.623. The van der Waals surface area contributed by atoms with Crippen LogP contribution in [0.2, 0.25) is 10.0 Å². The Labute approximate surface area is 130 Å². The van der Waals surface area contributed by atoms with Crippen molar-refractivity contribution in [2.75, 3.05) is 0 Å². The lowest BCUT2D eigenvalue weighted by Crippen LogP contribution is -2.01. The summed E-state index contributed by atoms with van der Waals surface area (Å²) in [6, 6.07) is 13.2. The van der Waals surface area contributed by atoms with E-state index in [1.807, 2.05) is 12.1 Å². The molecule has 0 radical (unpaired) electrons. The summed E-state index contributed by atoms with van der Waals surface area (Å²) >= 11 is 11.9. The van der Waals surface area contributed by atoms with Crippen LogP contribution in [0.15, 0.2) is 42.5 Å². The lowest BCUT2D eigenvalue weighted by atomic mass is 9.97. The van der Waals surface area contributed by atoms with Gasteiger partial charge in [0.15, 0.2) is 0 Å². The standard InChI is InChI=1S/C17H18Cl2O/c1-11(2)7-12-3-5-13(6-4-12)17(20)14-8-15(18)10-16(19)9-14/h3-6,8-11,17,20H,7H2,1-2H3. The van der Waals surface area contributed by atoms with E-state index in [9.17, 15) is 5.11 Å². The van der Waals surface area contributed by atoms with Crippen LogP contribution in [0.4, 0.5) is 0 Å². The van der Waals surface area contributed by atoms with E-state index in [0.29, 0.717) is 21.5 Å². The summed E-state index contributed by atoms with van der Waals surface area (Å²) in [7, 11) is 0. The van der Waals surface area contributed by atoms with E-state index in [0.717, 1.165) is 12.0 Å². The number of benzene rings is 2. The van der Waals surface area contributed by atoms with Gasteiger partial charge in [-0.3, -0.25) is 0 Å². The topological polar surface area (TPSA) is 20.2 Å². The number of rotatable bonds is 4. The molecule has 1 atom stereocenters. The van der Waals surface area contributed by atoms with Crippen molar-refractivity contribution in [2.24, 2.45) is 5.92 Å². The van der Waals surface area contributed by atoms with E-state index in [1.54, 1.807) is 18.2 Å². The molecule has 1 N–H and O–H groups in total. The summed E-state index contributed by atoms with van der Waals surface area (Å²) in [5, 5.41) is 11.5. The van der Waals surface area contributed by atoms with Gasteiger partial charge in [-0.15, -0.1) is 0 Å². The van der Waals surface area contributed by atoms with Crippen molar-refractivity contribution in [3.63, 3.8) is 0 Å². The Morgan fingerprint density at radius 2 is 1.45 bits per heavy atom. The second-order valence-corrected chi connectivity index (χ2v) is 6.32. The lowest BCUT2D eigenvalue weighted by Gasteiger charge is -2.13. The average molecular weight is 309 g/mol. The van der Waals surface area contributed by atoms with Crippen molar-refractivity contribution < 1.29 is 5.11 Å². The van der Waals surface area contributed by atoms with E-state index in [1.165, 1.54) is 5.56 Å². The van der Waals surface area contributed by atoms with Gasteiger partial charge in [0, 0.05) is 10.0 Å². The minimum Gasteiger partial charge on any atom is -0.384 e. The Kier molecular flexibility index (Phi) is 5.09. The molecular formula is C17H18Cl2O. The van der Waals surface area contributed by atoms with E-state index in [4.69, 9.17) is 23.2 Å². The van der Waals surface area contributed by atoms with Crippen LogP contribution in [0.1, 0.15) is 36.6 Å².